The predicted octanol–water partition coefficient (Wildman–Crippen LogP) is 0.749. The number of nitriles is 1. The molecule has 0 saturated carbocycles. The maximum atomic E-state index is 11.3. The zero-order chi connectivity index (χ0) is 11.6. The topological polar surface area (TPSA) is 64.9 Å². The number of amides is 1. The molecule has 4 nitrogen and oxygen atoms in total. The molecule has 0 aromatic rings. The van der Waals surface area contributed by atoms with Crippen molar-refractivity contribution in [2.24, 2.45) is 5.92 Å². The van der Waals surface area contributed by atoms with Crippen molar-refractivity contribution in [3.05, 3.63) is 0 Å². The monoisotopic (exact) mass is 241 g/mol. The average molecular weight is 241 g/mol. The molecule has 0 aromatic carbocycles. The van der Waals surface area contributed by atoms with Crippen molar-refractivity contribution >= 4 is 17.7 Å². The van der Waals surface area contributed by atoms with Crippen LogP contribution in [-0.4, -0.2) is 37.0 Å². The first-order chi connectivity index (χ1) is 7.83. The lowest BCUT2D eigenvalue weighted by Crippen LogP contribution is -2.36. The number of thioether (sulfide) groups is 1. The number of carbonyl (C=O) groups excluding carboxylic acids is 1. The van der Waals surface area contributed by atoms with Crippen molar-refractivity contribution in [1.82, 2.24) is 10.6 Å². The first-order valence-corrected chi connectivity index (χ1v) is 6.90. The Morgan fingerprint density at radius 3 is 2.88 bits per heavy atom. The lowest BCUT2D eigenvalue weighted by Gasteiger charge is -2.21. The molecule has 0 radical (unpaired) electrons. The minimum atomic E-state index is -0.0135. The van der Waals surface area contributed by atoms with Gasteiger partial charge in [0.05, 0.1) is 19.0 Å². The Bertz CT molecular complexity index is 246. The normalized spacial score (nSPS) is 16.7. The zero-order valence-corrected chi connectivity index (χ0v) is 10.3. The third kappa shape index (κ3) is 5.99. The highest BCUT2D eigenvalue weighted by atomic mass is 32.2. The highest BCUT2D eigenvalue weighted by molar-refractivity contribution is 7.99. The standard InChI is InChI=1S/C11H19N3OS/c12-4-1-5-14-11(15)9-13-8-10-2-6-16-7-3-10/h10,13H,1-3,5-9H2,(H,14,15). The molecular formula is C11H19N3OS. The molecule has 5 heteroatoms. The molecule has 0 spiro atoms. The highest BCUT2D eigenvalue weighted by Crippen LogP contribution is 2.21. The number of rotatable bonds is 6. The van der Waals surface area contributed by atoms with E-state index in [2.05, 4.69) is 10.6 Å². The van der Waals surface area contributed by atoms with Crippen molar-refractivity contribution in [1.29, 1.82) is 5.26 Å². The summed E-state index contributed by atoms with van der Waals surface area (Å²) < 4.78 is 0. The van der Waals surface area contributed by atoms with E-state index in [0.717, 1.165) is 12.5 Å². The summed E-state index contributed by atoms with van der Waals surface area (Å²) in [5, 5.41) is 14.2. The van der Waals surface area contributed by atoms with Gasteiger partial charge in [0.1, 0.15) is 0 Å². The van der Waals surface area contributed by atoms with Crippen molar-refractivity contribution in [2.75, 3.05) is 31.1 Å². The van der Waals surface area contributed by atoms with E-state index in [0.29, 0.717) is 19.5 Å². The molecule has 1 amide bonds. The van der Waals surface area contributed by atoms with E-state index in [-0.39, 0.29) is 5.91 Å². The fourth-order valence-electron chi connectivity index (χ4n) is 1.66. The van der Waals surface area contributed by atoms with Crippen molar-refractivity contribution < 1.29 is 4.79 Å². The summed E-state index contributed by atoms with van der Waals surface area (Å²) >= 11 is 2.01. The molecule has 2 N–H and O–H groups in total. The SMILES string of the molecule is N#CCCNC(=O)CNCC1CCSCC1. The Morgan fingerprint density at radius 1 is 1.44 bits per heavy atom. The van der Waals surface area contributed by atoms with E-state index < -0.39 is 0 Å². The van der Waals surface area contributed by atoms with E-state index in [1.54, 1.807) is 0 Å². The van der Waals surface area contributed by atoms with Crippen LogP contribution in [0.25, 0.3) is 0 Å². The van der Waals surface area contributed by atoms with Gasteiger partial charge < -0.3 is 10.6 Å². The van der Waals surface area contributed by atoms with Crippen molar-refractivity contribution in [2.45, 2.75) is 19.3 Å². The molecule has 0 unspecified atom stereocenters. The third-order valence-corrected chi connectivity index (χ3v) is 3.67. The number of hydrogen-bond donors (Lipinski definition) is 2. The lowest BCUT2D eigenvalue weighted by molar-refractivity contribution is -0.120. The third-order valence-electron chi connectivity index (χ3n) is 2.62. The molecule has 16 heavy (non-hydrogen) atoms. The molecule has 0 aliphatic carbocycles. The zero-order valence-electron chi connectivity index (χ0n) is 9.50. The Morgan fingerprint density at radius 2 is 2.19 bits per heavy atom. The van der Waals surface area contributed by atoms with Crippen LogP contribution < -0.4 is 10.6 Å². The van der Waals surface area contributed by atoms with Gasteiger partial charge in [0.15, 0.2) is 0 Å². The smallest absolute Gasteiger partial charge is 0.233 e. The Hall–Kier alpha value is -0.730. The summed E-state index contributed by atoms with van der Waals surface area (Å²) in [6.45, 7) is 1.76. The van der Waals surface area contributed by atoms with Crippen LogP contribution in [0.2, 0.25) is 0 Å². The second-order valence-corrected chi connectivity index (χ2v) is 5.17. The molecule has 0 bridgehead atoms. The first-order valence-electron chi connectivity index (χ1n) is 5.75. The Balaban J connectivity index is 1.97. The van der Waals surface area contributed by atoms with Crippen LogP contribution in [0.15, 0.2) is 0 Å². The summed E-state index contributed by atoms with van der Waals surface area (Å²) in [4.78, 5) is 11.3. The summed E-state index contributed by atoms with van der Waals surface area (Å²) in [7, 11) is 0. The van der Waals surface area contributed by atoms with Crippen LogP contribution in [-0.2, 0) is 4.79 Å². The molecular weight excluding hydrogens is 222 g/mol. The van der Waals surface area contributed by atoms with Crippen LogP contribution in [0.3, 0.4) is 0 Å². The molecule has 1 saturated heterocycles. The maximum absolute atomic E-state index is 11.3. The molecule has 1 aliphatic heterocycles. The Kier molecular flexibility index (Phi) is 7.02. The summed E-state index contributed by atoms with van der Waals surface area (Å²) in [5.74, 6) is 3.22. The van der Waals surface area contributed by atoms with Crippen LogP contribution in [0.4, 0.5) is 0 Å². The van der Waals surface area contributed by atoms with E-state index in [9.17, 15) is 4.79 Å². The van der Waals surface area contributed by atoms with Gasteiger partial charge in [0, 0.05) is 6.54 Å². The number of hydrogen-bond acceptors (Lipinski definition) is 4. The van der Waals surface area contributed by atoms with E-state index >= 15 is 0 Å². The largest absolute Gasteiger partial charge is 0.354 e. The number of nitrogens with zero attached hydrogens (tertiary/aromatic N) is 1. The van der Waals surface area contributed by atoms with Crippen LogP contribution in [0, 0.1) is 17.2 Å². The van der Waals surface area contributed by atoms with E-state index in [1.807, 2.05) is 17.8 Å². The predicted molar refractivity (Wildman–Crippen MR) is 66.2 cm³/mol. The maximum Gasteiger partial charge on any atom is 0.233 e. The van der Waals surface area contributed by atoms with Gasteiger partial charge in [-0.05, 0) is 36.8 Å². The second-order valence-electron chi connectivity index (χ2n) is 3.94. The van der Waals surface area contributed by atoms with Gasteiger partial charge in [0.25, 0.3) is 0 Å². The minimum absolute atomic E-state index is 0.0135. The number of carbonyl (C=O) groups is 1. The van der Waals surface area contributed by atoms with E-state index in [4.69, 9.17) is 5.26 Å². The van der Waals surface area contributed by atoms with Gasteiger partial charge >= 0.3 is 0 Å². The van der Waals surface area contributed by atoms with Crippen molar-refractivity contribution in [3.8, 4) is 6.07 Å². The van der Waals surface area contributed by atoms with E-state index in [1.165, 1.54) is 24.3 Å². The molecule has 1 aliphatic rings. The molecule has 1 heterocycles. The molecule has 0 aromatic heterocycles. The van der Waals surface area contributed by atoms with Gasteiger partial charge in [-0.15, -0.1) is 0 Å². The van der Waals surface area contributed by atoms with Crippen LogP contribution in [0.1, 0.15) is 19.3 Å². The average Bonchev–Trinajstić information content (AvgIpc) is 2.31. The number of nitrogens with one attached hydrogen (secondary N) is 2. The molecule has 1 fully saturated rings. The first kappa shape index (κ1) is 13.3. The molecule has 90 valence electrons. The Labute approximate surface area is 101 Å². The summed E-state index contributed by atoms with van der Waals surface area (Å²) in [5.41, 5.74) is 0. The summed E-state index contributed by atoms with van der Waals surface area (Å²) in [6, 6.07) is 1.99. The second kappa shape index (κ2) is 8.43. The molecule has 0 atom stereocenters. The van der Waals surface area contributed by atoms with Gasteiger partial charge in [-0.25, -0.2) is 0 Å². The summed E-state index contributed by atoms with van der Waals surface area (Å²) in [6.07, 6.45) is 2.90. The highest BCUT2D eigenvalue weighted by Gasteiger charge is 2.13. The fourth-order valence-corrected chi connectivity index (χ4v) is 2.86. The quantitative estimate of drug-likeness (QED) is 0.674. The van der Waals surface area contributed by atoms with Crippen molar-refractivity contribution in [3.63, 3.8) is 0 Å². The van der Waals surface area contributed by atoms with Gasteiger partial charge in [0.2, 0.25) is 5.91 Å². The van der Waals surface area contributed by atoms with Crippen LogP contribution >= 0.6 is 11.8 Å². The molecule has 1 rings (SSSR count). The van der Waals surface area contributed by atoms with Crippen LogP contribution in [0.5, 0.6) is 0 Å². The van der Waals surface area contributed by atoms with Gasteiger partial charge in [-0.2, -0.15) is 17.0 Å². The van der Waals surface area contributed by atoms with Gasteiger partial charge in [-0.1, -0.05) is 0 Å². The minimum Gasteiger partial charge on any atom is -0.354 e. The lowest BCUT2D eigenvalue weighted by atomic mass is 10.0. The fraction of sp³-hybridized carbons (Fsp3) is 0.818. The van der Waals surface area contributed by atoms with Gasteiger partial charge in [-0.3, -0.25) is 4.79 Å².